The molecule has 0 saturated carbocycles. The fraction of sp³-hybridized carbons (Fsp3) is 0.632. The highest BCUT2D eigenvalue weighted by molar-refractivity contribution is 5.76. The molecule has 0 aromatic heterocycles. The minimum Gasteiger partial charge on any atom is -0.394 e. The minimum atomic E-state index is -0.851. The maximum atomic E-state index is 12.4. The molecule has 0 bridgehead atoms. The lowest BCUT2D eigenvalue weighted by molar-refractivity contribution is -0.123. The summed E-state index contributed by atoms with van der Waals surface area (Å²) in [6.07, 6.45) is 78.9. The Bertz CT molecular complexity index is 1230. The van der Waals surface area contributed by atoms with Crippen molar-refractivity contribution in [1.29, 1.82) is 0 Å². The van der Waals surface area contributed by atoms with Crippen molar-refractivity contribution in [1.82, 2.24) is 5.32 Å². The summed E-state index contributed by atoms with van der Waals surface area (Å²) in [6, 6.07) is -0.636. The van der Waals surface area contributed by atoms with Gasteiger partial charge in [-0.3, -0.25) is 4.79 Å². The highest BCUT2D eigenvalue weighted by Crippen LogP contribution is 2.14. The molecule has 0 rings (SSSR count). The average molecular weight is 842 g/mol. The second-order valence-electron chi connectivity index (χ2n) is 16.5. The van der Waals surface area contributed by atoms with E-state index in [1.165, 1.54) is 96.3 Å². The zero-order chi connectivity index (χ0) is 44.2. The summed E-state index contributed by atoms with van der Waals surface area (Å²) in [5.41, 5.74) is 0. The Hall–Kier alpha value is -3.21. The van der Waals surface area contributed by atoms with Crippen LogP contribution >= 0.6 is 0 Å². The van der Waals surface area contributed by atoms with Gasteiger partial charge in [0.15, 0.2) is 0 Å². The van der Waals surface area contributed by atoms with Crippen molar-refractivity contribution in [3.63, 3.8) is 0 Å². The summed E-state index contributed by atoms with van der Waals surface area (Å²) in [7, 11) is 0. The standard InChI is InChI=1S/C57H95NO3/c1-3-5-7-9-11-13-15-17-19-20-21-22-23-24-25-26-27-28-29-30-31-32-33-34-35-36-37-38-39-41-43-45-47-49-51-53-57(61)58-55(54-59)56(60)52-50-48-46-44-42-40-18-16-14-12-10-8-6-4-2/h5,7,11,13,17,19,21-22,24-25,27-28,30-31,33-34,36-37,50,52,55-56,59-60H,3-4,6,8-10,12,14-16,18,20,23,26,29,32,35,38-49,51,53-54H2,1-2H3,(H,58,61)/b7-5-,13-11-,19-17-,22-21-,25-24-,28-27-,31-30-,34-33-,37-36-,52-50+. The normalized spacial score (nSPS) is 14.0. The summed E-state index contributed by atoms with van der Waals surface area (Å²) in [6.45, 7) is 4.18. The number of rotatable bonds is 44. The largest absolute Gasteiger partial charge is 0.394 e. The fourth-order valence-electron chi connectivity index (χ4n) is 6.88. The predicted octanol–water partition coefficient (Wildman–Crippen LogP) is 16.5. The van der Waals surface area contributed by atoms with Gasteiger partial charge in [-0.15, -0.1) is 0 Å². The number of carbonyl (C=O) groups excluding carboxylic acids is 1. The topological polar surface area (TPSA) is 69.6 Å². The van der Waals surface area contributed by atoms with Gasteiger partial charge in [0.1, 0.15) is 0 Å². The molecule has 1 amide bonds. The molecule has 0 aliphatic heterocycles. The van der Waals surface area contributed by atoms with Crippen molar-refractivity contribution in [2.24, 2.45) is 0 Å². The van der Waals surface area contributed by atoms with Crippen LogP contribution in [0.3, 0.4) is 0 Å². The van der Waals surface area contributed by atoms with Gasteiger partial charge >= 0.3 is 0 Å². The van der Waals surface area contributed by atoms with Crippen LogP contribution in [0.5, 0.6) is 0 Å². The Kier molecular flexibility index (Phi) is 48.5. The van der Waals surface area contributed by atoms with E-state index in [4.69, 9.17) is 0 Å². The molecule has 0 aromatic rings. The molecule has 0 aliphatic rings. The van der Waals surface area contributed by atoms with Crippen LogP contribution in [0.4, 0.5) is 0 Å². The van der Waals surface area contributed by atoms with E-state index in [1.54, 1.807) is 6.08 Å². The van der Waals surface area contributed by atoms with Crippen LogP contribution in [0.2, 0.25) is 0 Å². The Morgan fingerprint density at radius 3 is 1.08 bits per heavy atom. The number of nitrogens with one attached hydrogen (secondary N) is 1. The zero-order valence-electron chi connectivity index (χ0n) is 39.6. The second-order valence-corrected chi connectivity index (χ2v) is 16.5. The molecule has 3 N–H and O–H groups in total. The number of hydrogen-bond acceptors (Lipinski definition) is 3. The van der Waals surface area contributed by atoms with Gasteiger partial charge in [-0.25, -0.2) is 0 Å². The second kappa shape index (κ2) is 51.1. The van der Waals surface area contributed by atoms with Gasteiger partial charge in [0.05, 0.1) is 18.8 Å². The molecule has 0 saturated heterocycles. The number of allylic oxidation sites excluding steroid dienone is 19. The molecule has 61 heavy (non-hydrogen) atoms. The van der Waals surface area contributed by atoms with E-state index in [-0.39, 0.29) is 12.5 Å². The van der Waals surface area contributed by atoms with E-state index in [1.807, 2.05) is 6.08 Å². The van der Waals surface area contributed by atoms with Crippen LogP contribution in [0.15, 0.2) is 122 Å². The number of hydrogen-bond donors (Lipinski definition) is 3. The molecular formula is C57H95NO3. The fourth-order valence-corrected chi connectivity index (χ4v) is 6.88. The minimum absolute atomic E-state index is 0.0811. The van der Waals surface area contributed by atoms with Crippen LogP contribution in [0.1, 0.15) is 213 Å². The van der Waals surface area contributed by atoms with Crippen LogP contribution < -0.4 is 5.32 Å². The van der Waals surface area contributed by atoms with Gasteiger partial charge in [0.25, 0.3) is 0 Å². The molecule has 2 atom stereocenters. The summed E-state index contributed by atoms with van der Waals surface area (Å²) in [4.78, 5) is 12.4. The number of aliphatic hydroxyl groups is 2. The Labute approximate surface area is 378 Å². The predicted molar refractivity (Wildman–Crippen MR) is 271 cm³/mol. The van der Waals surface area contributed by atoms with Crippen molar-refractivity contribution in [2.45, 2.75) is 225 Å². The molecule has 4 nitrogen and oxygen atoms in total. The van der Waals surface area contributed by atoms with Crippen LogP contribution in [-0.2, 0) is 4.79 Å². The van der Waals surface area contributed by atoms with E-state index < -0.39 is 12.1 Å². The van der Waals surface area contributed by atoms with E-state index in [2.05, 4.69) is 129 Å². The Balaban J connectivity index is 3.66. The van der Waals surface area contributed by atoms with Gasteiger partial charge in [-0.05, 0) is 89.9 Å². The molecule has 0 aliphatic carbocycles. The lowest BCUT2D eigenvalue weighted by atomic mass is 10.0. The molecule has 346 valence electrons. The van der Waals surface area contributed by atoms with E-state index >= 15 is 0 Å². The summed E-state index contributed by atoms with van der Waals surface area (Å²) < 4.78 is 0. The van der Waals surface area contributed by atoms with Crippen molar-refractivity contribution in [3.05, 3.63) is 122 Å². The molecule has 0 spiro atoms. The SMILES string of the molecule is CC/C=C\C/C=C\C/C=C\C/C=C\C/C=C\C/C=C\C/C=C\C/C=C\C/C=C\CCCCCCCCCC(=O)NC(CO)C(O)/C=C/CCCCCCCCCCCCCC. The molecule has 0 aromatic carbocycles. The van der Waals surface area contributed by atoms with Crippen molar-refractivity contribution >= 4 is 5.91 Å². The molecule has 4 heteroatoms. The summed E-state index contributed by atoms with van der Waals surface area (Å²) in [5, 5.41) is 23.0. The summed E-state index contributed by atoms with van der Waals surface area (Å²) in [5.74, 6) is -0.0811. The lowest BCUT2D eigenvalue weighted by Crippen LogP contribution is -2.45. The molecule has 0 heterocycles. The van der Waals surface area contributed by atoms with Crippen LogP contribution in [0.25, 0.3) is 0 Å². The highest BCUT2D eigenvalue weighted by Gasteiger charge is 2.17. The van der Waals surface area contributed by atoms with E-state index in [0.717, 1.165) is 96.3 Å². The van der Waals surface area contributed by atoms with Crippen molar-refractivity contribution in [2.75, 3.05) is 6.61 Å². The van der Waals surface area contributed by atoms with Gasteiger partial charge < -0.3 is 15.5 Å². The van der Waals surface area contributed by atoms with Gasteiger partial charge in [-0.1, -0.05) is 238 Å². The Morgan fingerprint density at radius 2 is 0.721 bits per heavy atom. The van der Waals surface area contributed by atoms with Gasteiger partial charge in [0.2, 0.25) is 5.91 Å². The average Bonchev–Trinajstić information content (AvgIpc) is 3.26. The third-order valence-corrected chi connectivity index (χ3v) is 10.7. The first-order valence-electron chi connectivity index (χ1n) is 25.2. The van der Waals surface area contributed by atoms with Crippen LogP contribution in [-0.4, -0.2) is 34.9 Å². The third kappa shape index (κ3) is 47.7. The van der Waals surface area contributed by atoms with Gasteiger partial charge in [-0.2, -0.15) is 0 Å². The highest BCUT2D eigenvalue weighted by atomic mass is 16.3. The van der Waals surface area contributed by atoms with Crippen molar-refractivity contribution < 1.29 is 15.0 Å². The first-order valence-corrected chi connectivity index (χ1v) is 25.2. The smallest absolute Gasteiger partial charge is 0.220 e. The van der Waals surface area contributed by atoms with E-state index in [0.29, 0.717) is 6.42 Å². The van der Waals surface area contributed by atoms with Crippen LogP contribution in [0, 0.1) is 0 Å². The van der Waals surface area contributed by atoms with Gasteiger partial charge in [0, 0.05) is 6.42 Å². The summed E-state index contributed by atoms with van der Waals surface area (Å²) >= 11 is 0. The third-order valence-electron chi connectivity index (χ3n) is 10.7. The number of aliphatic hydroxyl groups excluding tert-OH is 2. The number of unbranched alkanes of at least 4 members (excludes halogenated alkanes) is 19. The lowest BCUT2D eigenvalue weighted by Gasteiger charge is -2.20. The van der Waals surface area contributed by atoms with E-state index in [9.17, 15) is 15.0 Å². The first kappa shape index (κ1) is 57.8. The van der Waals surface area contributed by atoms with Crippen molar-refractivity contribution in [3.8, 4) is 0 Å². The molecule has 2 unspecified atom stereocenters. The number of carbonyl (C=O) groups is 1. The maximum absolute atomic E-state index is 12.4. The number of amides is 1. The maximum Gasteiger partial charge on any atom is 0.220 e. The first-order chi connectivity index (χ1) is 30.2. The molecular weight excluding hydrogens is 747 g/mol. The quantitative estimate of drug-likeness (QED) is 0.0423. The monoisotopic (exact) mass is 842 g/mol. The molecule has 0 radical (unpaired) electrons. The Morgan fingerprint density at radius 1 is 0.410 bits per heavy atom. The molecule has 0 fully saturated rings. The zero-order valence-corrected chi connectivity index (χ0v) is 39.6.